The number of rotatable bonds is 6. The Balaban J connectivity index is 1.94. The lowest BCUT2D eigenvalue weighted by Crippen LogP contribution is -2.70. The van der Waals surface area contributed by atoms with Crippen LogP contribution in [0.15, 0.2) is 35.1 Å². The van der Waals surface area contributed by atoms with E-state index in [4.69, 9.17) is 0 Å². The summed E-state index contributed by atoms with van der Waals surface area (Å²) < 4.78 is 0. The molecule has 6 atom stereocenters. The monoisotopic (exact) mass is 606 g/mol. The second-order valence-electron chi connectivity index (χ2n) is 11.6. The second kappa shape index (κ2) is 10.0. The number of aromatic hydroxyl groups is 1. The number of hydrogen-bond acceptors (Lipinski definition) is 9. The maximum absolute atomic E-state index is 14.1. The van der Waals surface area contributed by atoms with Crippen LogP contribution in [0.4, 0.5) is 0 Å². The van der Waals surface area contributed by atoms with E-state index >= 15 is 0 Å². The van der Waals surface area contributed by atoms with Crippen LogP contribution < -0.4 is 5.32 Å². The minimum Gasteiger partial charge on any atom is -0.508 e. The normalized spacial score (nSPS) is 30.7. The van der Waals surface area contributed by atoms with Gasteiger partial charge in [0, 0.05) is 22.4 Å². The molecule has 1 fully saturated rings. The second-order valence-corrected chi connectivity index (χ2v) is 12.3. The van der Waals surface area contributed by atoms with Crippen molar-refractivity contribution < 1.29 is 39.9 Å². The van der Waals surface area contributed by atoms with E-state index in [-0.39, 0.29) is 16.9 Å². The molecule has 0 aromatic heterocycles. The summed E-state index contributed by atoms with van der Waals surface area (Å²) in [4.78, 5) is 42.7. The van der Waals surface area contributed by atoms with Crippen LogP contribution in [0.2, 0.25) is 0 Å². The van der Waals surface area contributed by atoms with Crippen molar-refractivity contribution in [3.63, 3.8) is 0 Å². The minimum absolute atomic E-state index is 0.00938. The molecule has 1 aromatic rings. The molecule has 39 heavy (non-hydrogen) atoms. The average molecular weight is 607 g/mol. The van der Waals surface area contributed by atoms with E-state index in [1.54, 1.807) is 32.9 Å². The predicted octanol–water partition coefficient (Wildman–Crippen LogP) is 2.08. The van der Waals surface area contributed by atoms with Crippen molar-refractivity contribution in [1.29, 1.82) is 0 Å². The molecule has 1 amide bonds. The highest BCUT2D eigenvalue weighted by Crippen LogP contribution is 2.56. The Kier molecular flexibility index (Phi) is 7.52. The third kappa shape index (κ3) is 4.30. The summed E-state index contributed by atoms with van der Waals surface area (Å²) in [5, 5.41) is 60.1. The highest BCUT2D eigenvalue weighted by Gasteiger charge is 2.68. The van der Waals surface area contributed by atoms with Gasteiger partial charge >= 0.3 is 0 Å². The highest BCUT2D eigenvalue weighted by atomic mass is 79.9. The third-order valence-corrected chi connectivity index (χ3v) is 8.92. The summed E-state index contributed by atoms with van der Waals surface area (Å²) in [7, 11) is 3.02. The lowest BCUT2D eigenvalue weighted by molar-refractivity contribution is -0.169. The van der Waals surface area contributed by atoms with Crippen LogP contribution in [0.3, 0.4) is 0 Å². The number of aliphatic hydroxyl groups excluding tert-OH is 3. The summed E-state index contributed by atoms with van der Waals surface area (Å²) >= 11 is 3.34. The number of nitrogens with one attached hydrogen (secondary N) is 1. The van der Waals surface area contributed by atoms with Crippen molar-refractivity contribution in [2.75, 3.05) is 19.4 Å². The first-order chi connectivity index (χ1) is 18.1. The predicted molar refractivity (Wildman–Crippen MR) is 146 cm³/mol. The molecule has 1 aromatic carbocycles. The number of benzene rings is 1. The molecule has 6 N–H and O–H groups in total. The first-order valence-electron chi connectivity index (χ1n) is 12.8. The SMILES string of the molecule is C[C@H]1c2cccc(O)c2C(O)=C2C(=O)[C@]3(O)C(O)=C(C(=O)NC(C)(C)CCCBr)C(=O)[C@@H](N(C)C)[C@@H]3[C@@H](O)[C@@H]21. The van der Waals surface area contributed by atoms with E-state index in [1.807, 2.05) is 0 Å². The molecule has 0 saturated heterocycles. The number of ketones is 2. The number of aliphatic hydroxyl groups is 4. The van der Waals surface area contributed by atoms with Crippen LogP contribution in [-0.4, -0.2) is 90.6 Å². The fraction of sp³-hybridized carbons (Fsp3) is 0.536. The van der Waals surface area contributed by atoms with E-state index in [1.165, 1.54) is 25.1 Å². The number of phenolic OH excluding ortho intramolecular Hbond substituents is 1. The molecule has 0 radical (unpaired) electrons. The van der Waals surface area contributed by atoms with E-state index < -0.39 is 75.6 Å². The molecule has 0 spiro atoms. The van der Waals surface area contributed by atoms with Gasteiger partial charge < -0.3 is 30.8 Å². The zero-order chi connectivity index (χ0) is 29.2. The van der Waals surface area contributed by atoms with Gasteiger partial charge in [0.1, 0.15) is 22.8 Å². The molecule has 1 saturated carbocycles. The Morgan fingerprint density at radius 3 is 2.41 bits per heavy atom. The first kappa shape index (κ1) is 29.3. The van der Waals surface area contributed by atoms with Gasteiger partial charge in [-0.05, 0) is 58.3 Å². The molecule has 0 heterocycles. The van der Waals surface area contributed by atoms with Gasteiger partial charge in [0.05, 0.1) is 23.6 Å². The summed E-state index contributed by atoms with van der Waals surface area (Å²) in [6.45, 7) is 5.20. The molecule has 3 aliphatic carbocycles. The first-order valence-corrected chi connectivity index (χ1v) is 14.0. The molecule has 0 aliphatic heterocycles. The largest absolute Gasteiger partial charge is 0.508 e. The van der Waals surface area contributed by atoms with Crippen LogP contribution in [0, 0.1) is 11.8 Å². The lowest BCUT2D eigenvalue weighted by atomic mass is 9.54. The lowest BCUT2D eigenvalue weighted by Gasteiger charge is -2.53. The number of fused-ring (bicyclic) bond motifs is 3. The molecule has 212 valence electrons. The fourth-order valence-electron chi connectivity index (χ4n) is 6.50. The Hall–Kier alpha value is -2.73. The summed E-state index contributed by atoms with van der Waals surface area (Å²) in [6, 6.07) is 3.21. The molecule has 4 rings (SSSR count). The summed E-state index contributed by atoms with van der Waals surface area (Å²) in [6.07, 6.45) is -0.337. The Morgan fingerprint density at radius 2 is 1.82 bits per heavy atom. The van der Waals surface area contributed by atoms with Gasteiger partial charge in [0.2, 0.25) is 5.78 Å². The summed E-state index contributed by atoms with van der Waals surface area (Å²) in [5.74, 6) is -8.24. The van der Waals surface area contributed by atoms with Gasteiger partial charge in [0.15, 0.2) is 11.4 Å². The van der Waals surface area contributed by atoms with E-state index in [2.05, 4.69) is 21.2 Å². The number of halogens is 1. The molecule has 3 aliphatic rings. The molecular weight excluding hydrogens is 572 g/mol. The maximum atomic E-state index is 14.1. The van der Waals surface area contributed by atoms with Crippen molar-refractivity contribution in [1.82, 2.24) is 10.2 Å². The van der Waals surface area contributed by atoms with Crippen LogP contribution in [0.1, 0.15) is 50.7 Å². The zero-order valence-corrected chi connectivity index (χ0v) is 24.1. The quantitative estimate of drug-likeness (QED) is 0.210. The Bertz CT molecular complexity index is 1300. The maximum Gasteiger partial charge on any atom is 0.258 e. The van der Waals surface area contributed by atoms with Crippen molar-refractivity contribution in [2.45, 2.75) is 62.8 Å². The number of likely N-dealkylation sites (N-methyl/N-ethyl adjacent to an activating group) is 1. The molecule has 11 heteroatoms. The number of Topliss-reactive ketones (excluding diaryl/α,β-unsaturated/α-hetero) is 2. The minimum atomic E-state index is -2.89. The van der Waals surface area contributed by atoms with Gasteiger partial charge in [0.25, 0.3) is 5.91 Å². The third-order valence-electron chi connectivity index (χ3n) is 8.36. The number of hydrogen-bond donors (Lipinski definition) is 6. The number of alkyl halides is 1. The van der Waals surface area contributed by atoms with Crippen LogP contribution in [0.25, 0.3) is 5.76 Å². The van der Waals surface area contributed by atoms with Gasteiger partial charge in [-0.1, -0.05) is 35.0 Å². The number of phenols is 1. The average Bonchev–Trinajstić information content (AvgIpc) is 2.84. The molecule has 10 nitrogen and oxygen atoms in total. The van der Waals surface area contributed by atoms with Crippen molar-refractivity contribution >= 4 is 39.2 Å². The number of carbonyl (C=O) groups excluding carboxylic acids is 3. The van der Waals surface area contributed by atoms with Gasteiger partial charge in [-0.25, -0.2) is 0 Å². The van der Waals surface area contributed by atoms with Crippen LogP contribution in [0.5, 0.6) is 5.75 Å². The van der Waals surface area contributed by atoms with Crippen molar-refractivity contribution in [3.8, 4) is 5.75 Å². The topological polar surface area (TPSA) is 168 Å². The number of amides is 1. The molecule has 0 bridgehead atoms. The van der Waals surface area contributed by atoms with Crippen LogP contribution >= 0.6 is 15.9 Å². The van der Waals surface area contributed by atoms with Gasteiger partial charge in [-0.3, -0.25) is 19.3 Å². The standard InChI is InChI=1S/C28H35BrN2O8/c1-12-13-8-6-9-14(32)16(13)21(33)17-15(12)22(34)19-20(31(4)5)23(35)18(25(37)28(19,39)24(17)36)26(38)30-27(2,3)10-7-11-29/h6,8-9,12,15,19-20,22,32-34,37,39H,7,10-11H2,1-5H3,(H,30,38)/t12-,15+,19+,20-,22-,28-/m0/s1. The highest BCUT2D eigenvalue weighted by molar-refractivity contribution is 9.09. The zero-order valence-electron chi connectivity index (χ0n) is 22.5. The Labute approximate surface area is 235 Å². The molecule has 0 unspecified atom stereocenters. The van der Waals surface area contributed by atoms with Crippen molar-refractivity contribution in [3.05, 3.63) is 46.2 Å². The van der Waals surface area contributed by atoms with E-state index in [9.17, 15) is 39.9 Å². The molecular formula is C28H35BrN2O8. The van der Waals surface area contributed by atoms with E-state index in [0.29, 0.717) is 23.7 Å². The van der Waals surface area contributed by atoms with E-state index in [0.717, 1.165) is 0 Å². The Morgan fingerprint density at radius 1 is 1.18 bits per heavy atom. The number of nitrogens with zero attached hydrogens (tertiary/aromatic N) is 1. The van der Waals surface area contributed by atoms with Crippen LogP contribution in [-0.2, 0) is 14.4 Å². The van der Waals surface area contributed by atoms with Gasteiger partial charge in [-0.2, -0.15) is 0 Å². The van der Waals surface area contributed by atoms with Crippen molar-refractivity contribution in [2.24, 2.45) is 11.8 Å². The summed E-state index contributed by atoms with van der Waals surface area (Å²) in [5.41, 5.74) is -4.36. The van der Waals surface area contributed by atoms with Gasteiger partial charge in [-0.15, -0.1) is 0 Å². The fourth-order valence-corrected chi connectivity index (χ4v) is 6.78. The smallest absolute Gasteiger partial charge is 0.258 e. The number of carbonyl (C=O) groups is 3.